The molecule has 1 amide bonds. The predicted octanol–water partition coefficient (Wildman–Crippen LogP) is 6.16. The summed E-state index contributed by atoms with van der Waals surface area (Å²) in [4.78, 5) is 28.3. The van der Waals surface area contributed by atoms with Crippen molar-refractivity contribution >= 4 is 34.7 Å². The second-order valence-corrected chi connectivity index (χ2v) is 9.10. The van der Waals surface area contributed by atoms with E-state index in [-0.39, 0.29) is 17.4 Å². The van der Waals surface area contributed by atoms with Crippen LogP contribution >= 0.6 is 11.6 Å². The number of ketones is 1. The van der Waals surface area contributed by atoms with Crippen molar-refractivity contribution in [3.63, 3.8) is 0 Å². The van der Waals surface area contributed by atoms with Gasteiger partial charge in [-0.15, -0.1) is 0 Å². The Balaban J connectivity index is 1.94. The Kier molecular flexibility index (Phi) is 7.74. The van der Waals surface area contributed by atoms with Gasteiger partial charge in [0.1, 0.15) is 23.0 Å². The van der Waals surface area contributed by atoms with E-state index in [4.69, 9.17) is 25.8 Å². The summed E-state index contributed by atoms with van der Waals surface area (Å²) in [7, 11) is 1.52. The van der Waals surface area contributed by atoms with Crippen molar-refractivity contribution in [3.8, 4) is 17.2 Å². The van der Waals surface area contributed by atoms with Crippen LogP contribution in [0.1, 0.15) is 37.9 Å². The number of methoxy groups -OCH3 is 1. The van der Waals surface area contributed by atoms with E-state index in [1.165, 1.54) is 12.0 Å². The molecule has 1 N–H and O–H groups in total. The molecule has 192 valence electrons. The van der Waals surface area contributed by atoms with Gasteiger partial charge in [-0.1, -0.05) is 29.8 Å². The lowest BCUT2D eigenvalue weighted by molar-refractivity contribution is -0.132. The van der Waals surface area contributed by atoms with Crippen molar-refractivity contribution in [2.75, 3.05) is 18.6 Å². The number of aliphatic hydroxyl groups is 1. The van der Waals surface area contributed by atoms with E-state index in [1.807, 2.05) is 20.8 Å². The number of amides is 1. The molecule has 0 bridgehead atoms. The summed E-state index contributed by atoms with van der Waals surface area (Å²) in [5.41, 5.74) is 1.29. The van der Waals surface area contributed by atoms with E-state index < -0.39 is 17.7 Å². The van der Waals surface area contributed by atoms with Gasteiger partial charge in [0.2, 0.25) is 0 Å². The smallest absolute Gasteiger partial charge is 0.300 e. The summed E-state index contributed by atoms with van der Waals surface area (Å²) in [6, 6.07) is 17.8. The Morgan fingerprint density at radius 2 is 1.76 bits per heavy atom. The minimum absolute atomic E-state index is 0.0562. The average Bonchev–Trinajstić information content (AvgIpc) is 3.15. The number of carbonyl (C=O) groups is 2. The third-order valence-corrected chi connectivity index (χ3v) is 6.14. The van der Waals surface area contributed by atoms with Crippen molar-refractivity contribution in [1.29, 1.82) is 0 Å². The van der Waals surface area contributed by atoms with E-state index in [1.54, 1.807) is 66.7 Å². The fraction of sp³-hybridized carbons (Fsp3) is 0.241. The fourth-order valence-corrected chi connectivity index (χ4v) is 4.45. The second kappa shape index (κ2) is 11.0. The van der Waals surface area contributed by atoms with Crippen molar-refractivity contribution in [1.82, 2.24) is 0 Å². The van der Waals surface area contributed by atoms with Crippen LogP contribution in [0.2, 0.25) is 5.02 Å². The van der Waals surface area contributed by atoms with Gasteiger partial charge >= 0.3 is 0 Å². The zero-order chi connectivity index (χ0) is 26.7. The van der Waals surface area contributed by atoms with Gasteiger partial charge in [0, 0.05) is 17.3 Å². The van der Waals surface area contributed by atoms with Crippen molar-refractivity contribution in [2.45, 2.75) is 32.9 Å². The number of nitrogens with zero attached hydrogens (tertiary/aromatic N) is 1. The van der Waals surface area contributed by atoms with Crippen LogP contribution < -0.4 is 19.1 Å². The fourth-order valence-electron chi connectivity index (χ4n) is 4.28. The minimum atomic E-state index is -0.922. The molecule has 1 fully saturated rings. The lowest BCUT2D eigenvalue weighted by Crippen LogP contribution is -2.29. The van der Waals surface area contributed by atoms with Crippen LogP contribution in [0.5, 0.6) is 17.2 Å². The molecule has 4 rings (SSSR count). The van der Waals surface area contributed by atoms with Gasteiger partial charge in [0.15, 0.2) is 0 Å². The Morgan fingerprint density at radius 3 is 2.46 bits per heavy atom. The number of Topliss-reactive ketones (excluding diaryl/α,β-unsaturated/α-hetero) is 1. The summed E-state index contributed by atoms with van der Waals surface area (Å²) >= 11 is 6.23. The van der Waals surface area contributed by atoms with Gasteiger partial charge in [-0.3, -0.25) is 14.5 Å². The number of hydrogen-bond acceptors (Lipinski definition) is 6. The highest BCUT2D eigenvalue weighted by atomic mass is 35.5. The zero-order valence-electron chi connectivity index (χ0n) is 21.0. The summed E-state index contributed by atoms with van der Waals surface area (Å²) in [5.74, 6) is -0.453. The largest absolute Gasteiger partial charge is 0.507 e. The molecule has 7 nitrogen and oxygen atoms in total. The summed E-state index contributed by atoms with van der Waals surface area (Å²) in [6.07, 6.45) is -0.0777. The molecule has 8 heteroatoms. The molecule has 0 saturated carbocycles. The van der Waals surface area contributed by atoms with Crippen LogP contribution in [-0.4, -0.2) is 36.6 Å². The molecular formula is C29H28ClNO6. The van der Waals surface area contributed by atoms with E-state index in [9.17, 15) is 14.7 Å². The molecule has 0 spiro atoms. The first-order chi connectivity index (χ1) is 17.7. The molecule has 1 aliphatic rings. The quantitative estimate of drug-likeness (QED) is 0.217. The molecule has 1 saturated heterocycles. The molecular weight excluding hydrogens is 494 g/mol. The Bertz CT molecular complexity index is 1370. The molecule has 3 aromatic rings. The molecule has 1 atom stereocenters. The highest BCUT2D eigenvalue weighted by Gasteiger charge is 2.47. The van der Waals surface area contributed by atoms with E-state index >= 15 is 0 Å². The number of rotatable bonds is 8. The summed E-state index contributed by atoms with van der Waals surface area (Å²) in [5, 5.41) is 11.8. The molecule has 1 aliphatic heterocycles. The first-order valence-corrected chi connectivity index (χ1v) is 12.3. The third kappa shape index (κ3) is 5.27. The topological polar surface area (TPSA) is 85.3 Å². The maximum atomic E-state index is 13.5. The van der Waals surface area contributed by atoms with Crippen molar-refractivity contribution in [3.05, 3.63) is 88.5 Å². The number of hydrogen-bond donors (Lipinski definition) is 1. The Morgan fingerprint density at radius 1 is 1.03 bits per heavy atom. The van der Waals surface area contributed by atoms with Gasteiger partial charge in [-0.2, -0.15) is 0 Å². The lowest BCUT2D eigenvalue weighted by Gasteiger charge is -2.26. The number of anilines is 1. The first kappa shape index (κ1) is 26.1. The predicted molar refractivity (Wildman–Crippen MR) is 143 cm³/mol. The van der Waals surface area contributed by atoms with E-state index in [2.05, 4.69) is 0 Å². The number of carbonyl (C=O) groups excluding carboxylic acids is 2. The highest BCUT2D eigenvalue weighted by molar-refractivity contribution is 6.51. The highest BCUT2D eigenvalue weighted by Crippen LogP contribution is 2.44. The SMILES string of the molecule is CCOc1cc(/C(O)=C2\C(=O)C(=O)N(c3cccc(OC)c3)C2c2cccc(OC(C)C)c2)ccc1Cl. The normalized spacial score (nSPS) is 16.8. The zero-order valence-corrected chi connectivity index (χ0v) is 21.8. The molecule has 3 aromatic carbocycles. The lowest BCUT2D eigenvalue weighted by atomic mass is 9.95. The van der Waals surface area contributed by atoms with Crippen LogP contribution in [-0.2, 0) is 9.59 Å². The summed E-state index contributed by atoms with van der Waals surface area (Å²) < 4.78 is 16.8. The third-order valence-electron chi connectivity index (χ3n) is 5.83. The van der Waals surface area contributed by atoms with Gasteiger partial charge in [0.05, 0.1) is 36.5 Å². The Hall–Kier alpha value is -3.97. The van der Waals surface area contributed by atoms with Crippen molar-refractivity contribution < 1.29 is 28.9 Å². The second-order valence-electron chi connectivity index (χ2n) is 8.69. The van der Waals surface area contributed by atoms with E-state index in [0.717, 1.165) is 0 Å². The number of halogens is 1. The van der Waals surface area contributed by atoms with Crippen LogP contribution in [0, 0.1) is 0 Å². The van der Waals surface area contributed by atoms with Gasteiger partial charge in [-0.05, 0) is 68.8 Å². The molecule has 0 aliphatic carbocycles. The van der Waals surface area contributed by atoms with Gasteiger partial charge in [-0.25, -0.2) is 0 Å². The van der Waals surface area contributed by atoms with Crippen molar-refractivity contribution in [2.24, 2.45) is 0 Å². The van der Waals surface area contributed by atoms with Crippen LogP contribution in [0.25, 0.3) is 5.76 Å². The molecule has 1 heterocycles. The molecule has 1 unspecified atom stereocenters. The monoisotopic (exact) mass is 521 g/mol. The van der Waals surface area contributed by atoms with Gasteiger partial charge in [0.25, 0.3) is 11.7 Å². The van der Waals surface area contributed by atoms with Gasteiger partial charge < -0.3 is 19.3 Å². The average molecular weight is 522 g/mol. The van der Waals surface area contributed by atoms with Crippen LogP contribution in [0.3, 0.4) is 0 Å². The minimum Gasteiger partial charge on any atom is -0.507 e. The summed E-state index contributed by atoms with van der Waals surface area (Å²) in [6.45, 7) is 6.00. The van der Waals surface area contributed by atoms with E-state index in [0.29, 0.717) is 45.7 Å². The molecule has 0 aromatic heterocycles. The molecule has 0 radical (unpaired) electrons. The van der Waals surface area contributed by atoms with Crippen LogP contribution in [0.15, 0.2) is 72.3 Å². The Labute approximate surface area is 220 Å². The standard InChI is InChI=1S/C29H28ClNO6/c1-5-36-24-15-19(12-13-23(24)30)27(32)25-26(18-8-6-11-22(14-18)37-17(2)3)31(29(34)28(25)33)20-9-7-10-21(16-20)35-4/h6-17,26,32H,5H2,1-4H3/b27-25+. The maximum absolute atomic E-state index is 13.5. The maximum Gasteiger partial charge on any atom is 0.300 e. The number of ether oxygens (including phenoxy) is 3. The van der Waals surface area contributed by atoms with Crippen LogP contribution in [0.4, 0.5) is 5.69 Å². The first-order valence-electron chi connectivity index (χ1n) is 11.9. The molecule has 37 heavy (non-hydrogen) atoms. The number of benzene rings is 3. The number of aliphatic hydroxyl groups excluding tert-OH is 1.